The van der Waals surface area contributed by atoms with Gasteiger partial charge < -0.3 is 11.1 Å². The molecule has 1 aromatic heterocycles. The van der Waals surface area contributed by atoms with Crippen molar-refractivity contribution in [1.29, 1.82) is 0 Å². The molecule has 1 heterocycles. The van der Waals surface area contributed by atoms with Gasteiger partial charge in [0.2, 0.25) is 5.91 Å². The van der Waals surface area contributed by atoms with Crippen molar-refractivity contribution in [3.05, 3.63) is 16.0 Å². The van der Waals surface area contributed by atoms with E-state index in [2.05, 4.69) is 12.2 Å². The Hall–Kier alpha value is -0.580. The lowest BCUT2D eigenvalue weighted by atomic mass is 9.96. The number of carbonyl (C=O) groups excluding carboxylic acids is 1. The highest BCUT2D eigenvalue weighted by molar-refractivity contribution is 7.16. The number of aryl methyl sites for hydroxylation is 1. The van der Waals surface area contributed by atoms with Crippen LogP contribution >= 0.6 is 23.7 Å². The topological polar surface area (TPSA) is 55.1 Å². The van der Waals surface area contributed by atoms with Gasteiger partial charge in [0.15, 0.2) is 0 Å². The van der Waals surface area contributed by atoms with Gasteiger partial charge in [0.25, 0.3) is 0 Å². The summed E-state index contributed by atoms with van der Waals surface area (Å²) in [4.78, 5) is 13.3. The first-order valence-corrected chi connectivity index (χ1v) is 7.56. The van der Waals surface area contributed by atoms with Crippen molar-refractivity contribution in [1.82, 2.24) is 0 Å². The maximum atomic E-state index is 11.8. The Balaban J connectivity index is 0.00000180. The Labute approximate surface area is 125 Å². The summed E-state index contributed by atoms with van der Waals surface area (Å²) in [6.07, 6.45) is 6.17. The largest absolute Gasteiger partial charge is 0.328 e. The minimum absolute atomic E-state index is 0. The van der Waals surface area contributed by atoms with E-state index < -0.39 is 0 Å². The van der Waals surface area contributed by atoms with Gasteiger partial charge in [0.05, 0.1) is 5.00 Å². The molecule has 0 aliphatic heterocycles. The molecule has 3 nitrogen and oxygen atoms in total. The molecule has 1 aliphatic rings. The molecular weight excluding hydrogens is 280 g/mol. The van der Waals surface area contributed by atoms with Crippen molar-refractivity contribution in [2.75, 3.05) is 5.32 Å². The molecule has 1 aromatic rings. The van der Waals surface area contributed by atoms with Crippen molar-refractivity contribution in [2.45, 2.75) is 58.4 Å². The van der Waals surface area contributed by atoms with Crippen molar-refractivity contribution >= 4 is 34.7 Å². The van der Waals surface area contributed by atoms with Crippen molar-refractivity contribution in [2.24, 2.45) is 5.73 Å². The number of anilines is 1. The van der Waals surface area contributed by atoms with Gasteiger partial charge >= 0.3 is 0 Å². The molecule has 0 radical (unpaired) electrons. The van der Waals surface area contributed by atoms with Crippen LogP contribution in [-0.4, -0.2) is 11.9 Å². The number of fused-ring (bicyclic) bond motifs is 1. The highest BCUT2D eigenvalue weighted by Gasteiger charge is 2.18. The molecular formula is C14H23ClN2OS. The normalized spacial score (nSPS) is 15.3. The molecule has 0 fully saturated rings. The number of nitrogens with two attached hydrogens (primary N) is 1. The number of halogens is 1. The van der Waals surface area contributed by atoms with Gasteiger partial charge in [-0.2, -0.15) is 0 Å². The highest BCUT2D eigenvalue weighted by Crippen LogP contribution is 2.37. The molecule has 1 unspecified atom stereocenters. The van der Waals surface area contributed by atoms with Crippen LogP contribution in [-0.2, 0) is 17.6 Å². The minimum atomic E-state index is 0. The van der Waals surface area contributed by atoms with E-state index in [-0.39, 0.29) is 24.4 Å². The number of hydrogen-bond acceptors (Lipinski definition) is 3. The second kappa shape index (κ2) is 7.27. The number of hydrogen-bond donors (Lipinski definition) is 2. The van der Waals surface area contributed by atoms with E-state index in [4.69, 9.17) is 5.73 Å². The first-order valence-electron chi connectivity index (χ1n) is 6.74. The predicted molar refractivity (Wildman–Crippen MR) is 84.5 cm³/mol. The van der Waals surface area contributed by atoms with Crippen LogP contribution in [0.5, 0.6) is 0 Å². The molecule has 1 aliphatic carbocycles. The fraction of sp³-hybridized carbons (Fsp3) is 0.643. The molecule has 3 N–H and O–H groups in total. The molecule has 19 heavy (non-hydrogen) atoms. The maximum absolute atomic E-state index is 11.8. The lowest BCUT2D eigenvalue weighted by Gasteiger charge is -2.10. The van der Waals surface area contributed by atoms with Crippen LogP contribution in [0.1, 0.15) is 48.6 Å². The molecule has 5 heteroatoms. The van der Waals surface area contributed by atoms with Gasteiger partial charge in [-0.25, -0.2) is 0 Å². The number of thiophene rings is 1. The van der Waals surface area contributed by atoms with Crippen LogP contribution in [0.15, 0.2) is 0 Å². The molecule has 1 atom stereocenters. The lowest BCUT2D eigenvalue weighted by Crippen LogP contribution is -2.19. The quantitative estimate of drug-likeness (QED) is 0.895. The van der Waals surface area contributed by atoms with Crippen LogP contribution in [0.25, 0.3) is 0 Å². The van der Waals surface area contributed by atoms with Crippen LogP contribution in [0.2, 0.25) is 0 Å². The van der Waals surface area contributed by atoms with Crippen LogP contribution in [0.3, 0.4) is 0 Å². The molecule has 0 saturated carbocycles. The number of rotatable bonds is 4. The summed E-state index contributed by atoms with van der Waals surface area (Å²) in [7, 11) is 0. The highest BCUT2D eigenvalue weighted by atomic mass is 35.5. The number of nitrogens with one attached hydrogen (secondary N) is 1. The summed E-state index contributed by atoms with van der Waals surface area (Å²) >= 11 is 1.76. The van der Waals surface area contributed by atoms with E-state index >= 15 is 0 Å². The Kier molecular flexibility index (Phi) is 6.30. The minimum Gasteiger partial charge on any atom is -0.328 e. The third-order valence-electron chi connectivity index (χ3n) is 3.52. The molecule has 0 aromatic carbocycles. The second-order valence-electron chi connectivity index (χ2n) is 5.23. The van der Waals surface area contributed by atoms with Crippen molar-refractivity contribution < 1.29 is 4.79 Å². The average Bonchev–Trinajstić information content (AvgIpc) is 2.65. The van der Waals surface area contributed by atoms with Gasteiger partial charge in [0.1, 0.15) is 0 Å². The van der Waals surface area contributed by atoms with Gasteiger partial charge in [0, 0.05) is 17.3 Å². The smallest absolute Gasteiger partial charge is 0.225 e. The zero-order valence-electron chi connectivity index (χ0n) is 11.6. The van der Waals surface area contributed by atoms with Crippen LogP contribution in [0.4, 0.5) is 5.00 Å². The average molecular weight is 303 g/mol. The second-order valence-corrected chi connectivity index (χ2v) is 6.33. The Morgan fingerprint density at radius 2 is 2.11 bits per heavy atom. The summed E-state index contributed by atoms with van der Waals surface area (Å²) in [5.74, 6) is 0.0917. The monoisotopic (exact) mass is 302 g/mol. The van der Waals surface area contributed by atoms with Crippen molar-refractivity contribution in [3.8, 4) is 0 Å². The molecule has 2 rings (SSSR count). The number of carbonyl (C=O) groups is 1. The summed E-state index contributed by atoms with van der Waals surface area (Å²) < 4.78 is 0. The molecule has 1 amide bonds. The molecule has 0 bridgehead atoms. The van der Waals surface area contributed by atoms with Gasteiger partial charge in [-0.05, 0) is 57.1 Å². The van der Waals surface area contributed by atoms with E-state index in [1.807, 2.05) is 6.92 Å². The molecule has 0 saturated heterocycles. The summed E-state index contributed by atoms with van der Waals surface area (Å²) in [5.41, 5.74) is 8.43. The maximum Gasteiger partial charge on any atom is 0.225 e. The third-order valence-corrected chi connectivity index (χ3v) is 4.82. The lowest BCUT2D eigenvalue weighted by molar-refractivity contribution is -0.116. The van der Waals surface area contributed by atoms with Gasteiger partial charge in [-0.3, -0.25) is 4.79 Å². The Morgan fingerprint density at radius 1 is 1.42 bits per heavy atom. The van der Waals surface area contributed by atoms with Crippen LogP contribution in [0, 0.1) is 6.92 Å². The summed E-state index contributed by atoms with van der Waals surface area (Å²) in [6, 6.07) is 0.0911. The van der Waals surface area contributed by atoms with Gasteiger partial charge in [-0.15, -0.1) is 23.7 Å². The standard InChI is InChI=1S/C14H22N2OS.ClH/c1-9(15)7-8-13(17)16-14-10(2)11-5-3-4-6-12(11)18-14;/h9H,3-8,15H2,1-2H3,(H,16,17);1H. The van der Waals surface area contributed by atoms with E-state index in [9.17, 15) is 4.79 Å². The first-order chi connectivity index (χ1) is 8.58. The van der Waals surface area contributed by atoms with Crippen molar-refractivity contribution in [3.63, 3.8) is 0 Å². The van der Waals surface area contributed by atoms with Crippen LogP contribution < -0.4 is 11.1 Å². The zero-order valence-corrected chi connectivity index (χ0v) is 13.3. The van der Waals surface area contributed by atoms with E-state index in [1.165, 1.54) is 41.7 Å². The molecule has 0 spiro atoms. The Morgan fingerprint density at radius 3 is 2.74 bits per heavy atom. The van der Waals surface area contributed by atoms with Gasteiger partial charge in [-0.1, -0.05) is 0 Å². The van der Waals surface area contributed by atoms with E-state index in [0.29, 0.717) is 6.42 Å². The first kappa shape index (κ1) is 16.5. The predicted octanol–water partition coefficient (Wildman–Crippen LogP) is 3.42. The third kappa shape index (κ3) is 4.20. The number of amides is 1. The van der Waals surface area contributed by atoms with E-state index in [0.717, 1.165) is 11.4 Å². The van der Waals surface area contributed by atoms with E-state index in [1.54, 1.807) is 11.3 Å². The fourth-order valence-corrected chi connectivity index (χ4v) is 3.70. The summed E-state index contributed by atoms with van der Waals surface area (Å²) in [5, 5.41) is 4.10. The SMILES string of the molecule is Cc1c(NC(=O)CCC(C)N)sc2c1CCCC2.Cl. The Bertz CT molecular complexity index is 443. The fourth-order valence-electron chi connectivity index (χ4n) is 2.39. The zero-order chi connectivity index (χ0) is 13.1. The molecule has 108 valence electrons. The summed E-state index contributed by atoms with van der Waals surface area (Å²) in [6.45, 7) is 4.06.